The molecule has 9 heteroatoms. The molecule has 0 aromatic heterocycles. The Morgan fingerprint density at radius 3 is 2.24 bits per heavy atom. The summed E-state index contributed by atoms with van der Waals surface area (Å²) < 4.78 is 28.7. The van der Waals surface area contributed by atoms with Gasteiger partial charge in [-0.05, 0) is 57.4 Å². The van der Waals surface area contributed by atoms with Gasteiger partial charge in [-0.15, -0.1) is 0 Å². The van der Waals surface area contributed by atoms with Crippen molar-refractivity contribution in [3.8, 4) is 0 Å². The van der Waals surface area contributed by atoms with Gasteiger partial charge < -0.3 is 10.2 Å². The van der Waals surface area contributed by atoms with Gasteiger partial charge in [0, 0.05) is 27.2 Å². The van der Waals surface area contributed by atoms with Gasteiger partial charge in [-0.2, -0.15) is 12.7 Å². The Balaban J connectivity index is 2.51. The predicted molar refractivity (Wildman–Crippen MR) is 136 cm³/mol. The molecule has 1 atom stereocenters. The molecule has 2 rings (SSSR count). The number of anilines is 1. The van der Waals surface area contributed by atoms with Crippen molar-refractivity contribution in [2.75, 3.05) is 31.5 Å². The number of amides is 2. The Morgan fingerprint density at radius 2 is 1.65 bits per heavy atom. The largest absolute Gasteiger partial charge is 0.355 e. The Bertz CT molecular complexity index is 1130. The molecule has 2 amide bonds. The summed E-state index contributed by atoms with van der Waals surface area (Å²) in [5.74, 6) is -0.760. The fraction of sp³-hybridized carbons (Fsp3) is 0.440. The smallest absolute Gasteiger partial charge is 0.304 e. The molecular formula is C25H36N4O4S. The number of aryl methyl sites for hydroxylation is 3. The topological polar surface area (TPSA) is 90.0 Å². The van der Waals surface area contributed by atoms with Crippen molar-refractivity contribution < 1.29 is 18.0 Å². The van der Waals surface area contributed by atoms with E-state index in [1.807, 2.05) is 57.2 Å². The van der Waals surface area contributed by atoms with Gasteiger partial charge >= 0.3 is 10.2 Å². The highest BCUT2D eigenvalue weighted by molar-refractivity contribution is 7.90. The van der Waals surface area contributed by atoms with E-state index >= 15 is 0 Å². The molecule has 0 bridgehead atoms. The first-order chi connectivity index (χ1) is 15.9. The van der Waals surface area contributed by atoms with Gasteiger partial charge in [0.05, 0.1) is 5.69 Å². The molecule has 34 heavy (non-hydrogen) atoms. The zero-order valence-electron chi connectivity index (χ0n) is 21.1. The van der Waals surface area contributed by atoms with Crippen molar-refractivity contribution >= 4 is 27.7 Å². The summed E-state index contributed by atoms with van der Waals surface area (Å²) in [5, 5.41) is 2.75. The van der Waals surface area contributed by atoms with Crippen LogP contribution in [-0.2, 0) is 26.3 Å². The molecule has 1 N–H and O–H groups in total. The van der Waals surface area contributed by atoms with Crippen LogP contribution in [0, 0.1) is 20.8 Å². The predicted octanol–water partition coefficient (Wildman–Crippen LogP) is 2.78. The Kier molecular flexibility index (Phi) is 9.23. The summed E-state index contributed by atoms with van der Waals surface area (Å²) in [6.45, 7) is 9.27. The molecular weight excluding hydrogens is 452 g/mol. The van der Waals surface area contributed by atoms with E-state index in [0.717, 1.165) is 30.9 Å². The quantitative estimate of drug-likeness (QED) is 0.557. The van der Waals surface area contributed by atoms with E-state index in [1.54, 1.807) is 19.9 Å². The standard InChI is InChI=1S/C25H36N4O4S/c1-8-26-25(31)21(5)28(16-22-11-9-10-18(2)14-22)24(30)17-29(34(32,33)27(6)7)23-15-19(3)12-13-20(23)4/h9-15,21H,8,16-17H2,1-7H3,(H,26,31)/t21-/m1/s1. The van der Waals surface area contributed by atoms with Crippen LogP contribution < -0.4 is 9.62 Å². The van der Waals surface area contributed by atoms with Crippen LogP contribution in [-0.4, -0.2) is 62.7 Å². The van der Waals surface area contributed by atoms with E-state index in [-0.39, 0.29) is 12.5 Å². The summed E-state index contributed by atoms with van der Waals surface area (Å²) in [4.78, 5) is 27.7. The normalized spacial score (nSPS) is 12.4. The molecule has 2 aromatic rings. The zero-order valence-corrected chi connectivity index (χ0v) is 21.9. The molecule has 0 saturated carbocycles. The lowest BCUT2D eigenvalue weighted by molar-refractivity contribution is -0.139. The van der Waals surface area contributed by atoms with Gasteiger partial charge in [0.25, 0.3) is 0 Å². The number of carbonyl (C=O) groups excluding carboxylic acids is 2. The molecule has 0 heterocycles. The molecule has 0 saturated heterocycles. The lowest BCUT2D eigenvalue weighted by Crippen LogP contribution is -2.52. The van der Waals surface area contributed by atoms with E-state index in [0.29, 0.717) is 12.2 Å². The van der Waals surface area contributed by atoms with Crippen LogP contribution in [0.25, 0.3) is 0 Å². The SMILES string of the molecule is CCNC(=O)[C@@H](C)N(Cc1cccc(C)c1)C(=O)CN(c1cc(C)ccc1C)S(=O)(=O)N(C)C. The maximum atomic E-state index is 13.7. The minimum Gasteiger partial charge on any atom is -0.355 e. The highest BCUT2D eigenvalue weighted by atomic mass is 32.2. The van der Waals surface area contributed by atoms with Gasteiger partial charge in [0.1, 0.15) is 12.6 Å². The van der Waals surface area contributed by atoms with Crippen LogP contribution in [0.2, 0.25) is 0 Å². The number of likely N-dealkylation sites (N-methyl/N-ethyl adjacent to an activating group) is 1. The summed E-state index contributed by atoms with van der Waals surface area (Å²) in [6.07, 6.45) is 0. The summed E-state index contributed by atoms with van der Waals surface area (Å²) in [7, 11) is -1.12. The zero-order chi connectivity index (χ0) is 25.6. The fourth-order valence-corrected chi connectivity index (χ4v) is 4.71. The second-order valence-corrected chi connectivity index (χ2v) is 10.7. The lowest BCUT2D eigenvalue weighted by atomic mass is 10.1. The Labute approximate surface area is 203 Å². The summed E-state index contributed by atoms with van der Waals surface area (Å²) >= 11 is 0. The van der Waals surface area contributed by atoms with E-state index in [4.69, 9.17) is 0 Å². The average Bonchev–Trinajstić information content (AvgIpc) is 2.77. The molecule has 0 unspecified atom stereocenters. The number of benzene rings is 2. The summed E-state index contributed by atoms with van der Waals surface area (Å²) in [6, 6.07) is 12.4. The Hall–Kier alpha value is -2.91. The number of carbonyl (C=O) groups is 2. The molecule has 0 spiro atoms. The molecule has 8 nitrogen and oxygen atoms in total. The van der Waals surface area contributed by atoms with Crippen molar-refractivity contribution in [1.82, 2.24) is 14.5 Å². The molecule has 0 fully saturated rings. The second-order valence-electron chi connectivity index (χ2n) is 8.67. The number of nitrogens with zero attached hydrogens (tertiary/aromatic N) is 3. The lowest BCUT2D eigenvalue weighted by Gasteiger charge is -2.33. The van der Waals surface area contributed by atoms with Crippen molar-refractivity contribution in [3.05, 3.63) is 64.7 Å². The van der Waals surface area contributed by atoms with Crippen LogP contribution in [0.1, 0.15) is 36.1 Å². The van der Waals surface area contributed by atoms with Crippen molar-refractivity contribution in [1.29, 1.82) is 0 Å². The van der Waals surface area contributed by atoms with Crippen LogP contribution >= 0.6 is 0 Å². The third-order valence-electron chi connectivity index (χ3n) is 5.61. The van der Waals surface area contributed by atoms with Gasteiger partial charge in [-0.1, -0.05) is 42.0 Å². The number of nitrogens with one attached hydrogen (secondary N) is 1. The molecule has 0 aliphatic heterocycles. The number of hydrogen-bond donors (Lipinski definition) is 1. The molecule has 2 aromatic carbocycles. The van der Waals surface area contributed by atoms with Crippen LogP contribution in [0.4, 0.5) is 5.69 Å². The fourth-order valence-electron chi connectivity index (χ4n) is 3.60. The minimum atomic E-state index is -3.98. The number of rotatable bonds is 10. The first kappa shape index (κ1) is 27.3. The first-order valence-corrected chi connectivity index (χ1v) is 12.7. The van der Waals surface area contributed by atoms with Crippen LogP contribution in [0.15, 0.2) is 42.5 Å². The van der Waals surface area contributed by atoms with Gasteiger partial charge in [-0.3, -0.25) is 9.59 Å². The third kappa shape index (κ3) is 6.57. The number of hydrogen-bond acceptors (Lipinski definition) is 4. The van der Waals surface area contributed by atoms with Crippen LogP contribution in [0.3, 0.4) is 0 Å². The molecule has 0 radical (unpaired) electrons. The third-order valence-corrected chi connectivity index (χ3v) is 7.41. The van der Waals surface area contributed by atoms with E-state index < -0.39 is 28.7 Å². The van der Waals surface area contributed by atoms with Gasteiger partial charge in [-0.25, -0.2) is 4.31 Å². The molecule has 0 aliphatic rings. The molecule has 0 aliphatic carbocycles. The van der Waals surface area contributed by atoms with Gasteiger partial charge in [0.2, 0.25) is 11.8 Å². The highest BCUT2D eigenvalue weighted by Crippen LogP contribution is 2.26. The average molecular weight is 489 g/mol. The maximum Gasteiger partial charge on any atom is 0.304 e. The van der Waals surface area contributed by atoms with Crippen molar-refractivity contribution in [2.45, 2.75) is 47.2 Å². The Morgan fingerprint density at radius 1 is 1.00 bits per heavy atom. The van der Waals surface area contributed by atoms with E-state index in [2.05, 4.69) is 5.32 Å². The first-order valence-electron chi connectivity index (χ1n) is 11.3. The summed E-state index contributed by atoms with van der Waals surface area (Å²) in [5.41, 5.74) is 3.93. The van der Waals surface area contributed by atoms with Crippen LogP contribution in [0.5, 0.6) is 0 Å². The second kappa shape index (κ2) is 11.5. The maximum absolute atomic E-state index is 13.7. The monoisotopic (exact) mass is 488 g/mol. The minimum absolute atomic E-state index is 0.182. The van der Waals surface area contributed by atoms with Gasteiger partial charge in [0.15, 0.2) is 0 Å². The van der Waals surface area contributed by atoms with Crippen molar-refractivity contribution in [3.63, 3.8) is 0 Å². The highest BCUT2D eigenvalue weighted by Gasteiger charge is 2.33. The van der Waals surface area contributed by atoms with Crippen molar-refractivity contribution in [2.24, 2.45) is 0 Å². The molecule has 186 valence electrons. The van der Waals surface area contributed by atoms with E-state index in [9.17, 15) is 18.0 Å². The van der Waals surface area contributed by atoms with E-state index in [1.165, 1.54) is 19.0 Å².